The first-order valence-electron chi connectivity index (χ1n) is 10.5. The lowest BCUT2D eigenvalue weighted by Gasteiger charge is -2.18. The summed E-state index contributed by atoms with van der Waals surface area (Å²) in [4.78, 5) is 13.4. The molecule has 5 atom stereocenters. The molecule has 0 amide bonds. The van der Waals surface area contributed by atoms with Gasteiger partial charge in [0.25, 0.3) is 0 Å². The predicted molar refractivity (Wildman–Crippen MR) is 116 cm³/mol. The second-order valence-corrected chi connectivity index (χ2v) is 9.42. The number of aliphatic hydroxyl groups is 2. The van der Waals surface area contributed by atoms with Gasteiger partial charge in [0.05, 0.1) is 19.0 Å². The monoisotopic (exact) mass is 476 g/mol. The zero-order chi connectivity index (χ0) is 23.3. The Bertz CT molecular complexity index is 1300. The lowest BCUT2D eigenvalue weighted by molar-refractivity contribution is -0.0467. The van der Waals surface area contributed by atoms with Gasteiger partial charge in [-0.2, -0.15) is 8.42 Å². The molecule has 176 valence electrons. The number of benzene rings is 1. The van der Waals surface area contributed by atoms with Crippen LogP contribution in [-0.2, 0) is 25.6 Å². The number of nitrogens with one attached hydrogen (secondary N) is 1. The quantitative estimate of drug-likeness (QED) is 0.381. The Kier molecular flexibility index (Phi) is 5.55. The number of nitrogens with two attached hydrogens (primary N) is 1. The van der Waals surface area contributed by atoms with Crippen LogP contribution in [0.5, 0.6) is 0 Å². The summed E-state index contributed by atoms with van der Waals surface area (Å²) in [6.07, 6.45) is -1.61. The van der Waals surface area contributed by atoms with Crippen molar-refractivity contribution in [1.29, 1.82) is 0 Å². The van der Waals surface area contributed by atoms with E-state index in [1.165, 1.54) is 22.0 Å². The molecule has 13 heteroatoms. The largest absolute Gasteiger partial charge is 0.387 e. The van der Waals surface area contributed by atoms with Crippen molar-refractivity contribution in [2.75, 3.05) is 11.9 Å². The van der Waals surface area contributed by atoms with Crippen molar-refractivity contribution in [3.63, 3.8) is 0 Å². The number of ether oxygens (including phenoxy) is 1. The van der Waals surface area contributed by atoms with Crippen LogP contribution in [0.1, 0.15) is 35.6 Å². The number of aliphatic hydroxyl groups excluding tert-OH is 2. The van der Waals surface area contributed by atoms with E-state index in [1.807, 2.05) is 12.1 Å². The van der Waals surface area contributed by atoms with Gasteiger partial charge in [-0.15, -0.1) is 0 Å². The Morgan fingerprint density at radius 3 is 2.85 bits per heavy atom. The van der Waals surface area contributed by atoms with Crippen molar-refractivity contribution >= 4 is 27.3 Å². The van der Waals surface area contributed by atoms with Gasteiger partial charge in [0, 0.05) is 0 Å². The van der Waals surface area contributed by atoms with E-state index in [1.54, 1.807) is 6.92 Å². The zero-order valence-electron chi connectivity index (χ0n) is 17.7. The second-order valence-electron chi connectivity index (χ2n) is 8.20. The molecule has 0 radical (unpaired) electrons. The maximum Gasteiger partial charge on any atom is 0.333 e. The third-order valence-electron chi connectivity index (χ3n) is 5.98. The van der Waals surface area contributed by atoms with E-state index in [4.69, 9.17) is 9.88 Å². The molecule has 1 aliphatic heterocycles. The third kappa shape index (κ3) is 4.18. The maximum absolute atomic E-state index is 11.1. The average Bonchev–Trinajstić information content (AvgIpc) is 3.44. The fourth-order valence-corrected chi connectivity index (χ4v) is 4.77. The molecule has 0 bridgehead atoms. The first kappa shape index (κ1) is 22.1. The number of fused-ring (bicyclic) bond motifs is 2. The molecule has 0 unspecified atom stereocenters. The number of imidazole rings is 1. The third-order valence-corrected chi connectivity index (χ3v) is 6.45. The van der Waals surface area contributed by atoms with E-state index in [0.717, 1.165) is 12.8 Å². The van der Waals surface area contributed by atoms with Gasteiger partial charge in [-0.1, -0.05) is 24.3 Å². The molecule has 33 heavy (non-hydrogen) atoms. The molecule has 3 heterocycles. The lowest BCUT2D eigenvalue weighted by atomic mass is 10.1. The van der Waals surface area contributed by atoms with Crippen molar-refractivity contribution in [3.05, 3.63) is 47.5 Å². The molecule has 1 aromatic carbocycles. The molecule has 3 aromatic rings. The van der Waals surface area contributed by atoms with E-state index >= 15 is 0 Å². The van der Waals surface area contributed by atoms with Crippen molar-refractivity contribution < 1.29 is 27.6 Å². The molecular weight excluding hydrogens is 452 g/mol. The highest BCUT2D eigenvalue weighted by molar-refractivity contribution is 7.84. The van der Waals surface area contributed by atoms with Crippen molar-refractivity contribution in [2.24, 2.45) is 5.14 Å². The van der Waals surface area contributed by atoms with Crippen LogP contribution in [-0.4, -0.2) is 63.1 Å². The van der Waals surface area contributed by atoms with Crippen LogP contribution >= 0.6 is 0 Å². The standard InChI is InChI=1S/C20H24N6O6S/c1-10-23-18(25-13-7-6-11-4-2-3-5-12(11)13)15-19(24-10)26(9-22-15)20-17(28)16(27)14(32-20)8-31-33(21,29)30/h2-5,9,13-14,16-17,20,27-28H,6-8H2,1H3,(H2,21,29,30)(H,23,24,25)/t13-,14+,16+,17+,20+/m0/s1. The first-order chi connectivity index (χ1) is 15.7. The Hall–Kier alpha value is -2.68. The summed E-state index contributed by atoms with van der Waals surface area (Å²) in [7, 11) is -4.22. The molecule has 5 N–H and O–H groups in total. The number of nitrogens with zero attached hydrogens (tertiary/aromatic N) is 4. The number of aromatic nitrogens is 4. The Labute approximate surface area is 189 Å². The van der Waals surface area contributed by atoms with Gasteiger partial charge in [-0.05, 0) is 30.9 Å². The van der Waals surface area contributed by atoms with Gasteiger partial charge in [0.1, 0.15) is 24.1 Å². The highest BCUT2D eigenvalue weighted by Gasteiger charge is 2.45. The minimum Gasteiger partial charge on any atom is -0.387 e. The van der Waals surface area contributed by atoms with Gasteiger partial charge in [0.2, 0.25) is 0 Å². The normalized spacial score (nSPS) is 27.2. The van der Waals surface area contributed by atoms with E-state index in [9.17, 15) is 18.6 Å². The minimum atomic E-state index is -4.22. The Morgan fingerprint density at radius 2 is 2.06 bits per heavy atom. The maximum atomic E-state index is 11.1. The topological polar surface area (TPSA) is 175 Å². The molecule has 1 saturated heterocycles. The summed E-state index contributed by atoms with van der Waals surface area (Å²) in [6.45, 7) is 1.20. The molecule has 0 saturated carbocycles. The summed E-state index contributed by atoms with van der Waals surface area (Å²) in [5, 5.41) is 29.2. The van der Waals surface area contributed by atoms with Crippen molar-refractivity contribution in [3.8, 4) is 0 Å². The van der Waals surface area contributed by atoms with Gasteiger partial charge in [0.15, 0.2) is 23.2 Å². The highest BCUT2D eigenvalue weighted by atomic mass is 32.2. The van der Waals surface area contributed by atoms with Crippen LogP contribution in [0.3, 0.4) is 0 Å². The molecule has 5 rings (SSSR count). The molecule has 12 nitrogen and oxygen atoms in total. The van der Waals surface area contributed by atoms with Crippen LogP contribution in [0.15, 0.2) is 30.6 Å². The van der Waals surface area contributed by atoms with Gasteiger partial charge >= 0.3 is 10.3 Å². The van der Waals surface area contributed by atoms with E-state index in [2.05, 4.69) is 36.6 Å². The van der Waals surface area contributed by atoms with Gasteiger partial charge in [-0.25, -0.2) is 20.1 Å². The highest BCUT2D eigenvalue weighted by Crippen LogP contribution is 2.36. The van der Waals surface area contributed by atoms with Crippen molar-refractivity contribution in [2.45, 2.75) is 50.3 Å². The number of hydrogen-bond acceptors (Lipinski definition) is 10. The first-order valence-corrected chi connectivity index (χ1v) is 11.9. The fraction of sp³-hybridized carbons (Fsp3) is 0.450. The van der Waals surface area contributed by atoms with E-state index < -0.39 is 41.5 Å². The summed E-state index contributed by atoms with van der Waals surface area (Å²) < 4.78 is 33.8. The second kappa shape index (κ2) is 8.27. The molecule has 2 aliphatic rings. The molecule has 1 aliphatic carbocycles. The van der Waals surface area contributed by atoms with Crippen LogP contribution in [0, 0.1) is 6.92 Å². The molecular formula is C20H24N6O6S. The smallest absolute Gasteiger partial charge is 0.333 e. The van der Waals surface area contributed by atoms with Gasteiger partial charge < -0.3 is 20.3 Å². The predicted octanol–water partition coefficient (Wildman–Crippen LogP) is 0.0734. The summed E-state index contributed by atoms with van der Waals surface area (Å²) in [5.74, 6) is 1.04. The summed E-state index contributed by atoms with van der Waals surface area (Å²) in [5.41, 5.74) is 3.41. The summed E-state index contributed by atoms with van der Waals surface area (Å²) >= 11 is 0. The van der Waals surface area contributed by atoms with Crippen LogP contribution in [0.2, 0.25) is 0 Å². The van der Waals surface area contributed by atoms with Crippen molar-refractivity contribution in [1.82, 2.24) is 19.5 Å². The molecule has 1 fully saturated rings. The Balaban J connectivity index is 1.44. The van der Waals surface area contributed by atoms with E-state index in [0.29, 0.717) is 22.8 Å². The SMILES string of the molecule is Cc1nc(N[C@H]2CCc3ccccc32)c2ncn([C@@H]3O[C@H](COS(N)(=O)=O)[C@@H](O)[C@H]3O)c2n1. The number of aryl methyl sites for hydroxylation is 2. The van der Waals surface area contributed by atoms with Gasteiger partial charge in [-0.3, -0.25) is 8.75 Å². The number of anilines is 1. The number of rotatable bonds is 6. The van der Waals surface area contributed by atoms with Crippen LogP contribution in [0.25, 0.3) is 11.2 Å². The fourth-order valence-electron chi connectivity index (χ4n) is 4.44. The zero-order valence-corrected chi connectivity index (χ0v) is 18.5. The van der Waals surface area contributed by atoms with E-state index in [-0.39, 0.29) is 6.04 Å². The average molecular weight is 477 g/mol. The van der Waals surface area contributed by atoms with Crippen LogP contribution < -0.4 is 10.5 Å². The lowest BCUT2D eigenvalue weighted by Crippen LogP contribution is -2.35. The Morgan fingerprint density at radius 1 is 1.27 bits per heavy atom. The molecule has 0 spiro atoms. The van der Waals surface area contributed by atoms with Crippen LogP contribution in [0.4, 0.5) is 5.82 Å². The summed E-state index contributed by atoms with van der Waals surface area (Å²) in [6, 6.07) is 8.33. The number of hydrogen-bond donors (Lipinski definition) is 4. The minimum absolute atomic E-state index is 0.0822. The molecule has 2 aromatic heterocycles.